The average molecular weight is 114 g/mol. The zero-order chi connectivity index (χ0) is 6.71. The van der Waals surface area contributed by atoms with Crippen LogP contribution in [0.15, 0.2) is 0 Å². The van der Waals surface area contributed by atoms with Gasteiger partial charge >= 0.3 is 0 Å². The highest BCUT2D eigenvalue weighted by molar-refractivity contribution is 3.66. The molecule has 0 unspecified atom stereocenters. The van der Waals surface area contributed by atoms with Crippen LogP contribution >= 0.6 is 0 Å². The van der Waals surface area contributed by atoms with Gasteiger partial charge in [-0.25, -0.2) is 0 Å². The highest BCUT2D eigenvalue weighted by Crippen LogP contribution is 1.23. The van der Waals surface area contributed by atoms with Gasteiger partial charge in [0.15, 0.2) is 0 Å². The fourth-order valence-electron chi connectivity index (χ4n) is 0. The van der Waals surface area contributed by atoms with Crippen molar-refractivity contribution < 1.29 is 8.96 Å². The maximum Gasteiger partial charge on any atom is 0.0145 e. The molecule has 0 radical (unpaired) electrons. The molecule has 0 fully saturated rings. The third-order valence-electron chi connectivity index (χ3n) is 0. The van der Waals surface area contributed by atoms with E-state index in [0.717, 1.165) is 0 Å². The van der Waals surface area contributed by atoms with Crippen molar-refractivity contribution in [2.24, 2.45) is 5.96 Å². The number of nitrogens with one attached hydrogen (secondary N) is 1. The van der Waals surface area contributed by atoms with Crippen molar-refractivity contribution >= 4 is 0 Å². The molecular formula is C3H12F2N2. The van der Waals surface area contributed by atoms with E-state index in [4.69, 9.17) is 4.48 Å². The van der Waals surface area contributed by atoms with Crippen molar-refractivity contribution in [1.29, 1.82) is 0 Å². The molecule has 0 atom stereocenters. The van der Waals surface area contributed by atoms with Crippen molar-refractivity contribution in [2.45, 2.75) is 13.8 Å². The van der Waals surface area contributed by atoms with Gasteiger partial charge in [-0.2, -0.15) is 11.5 Å². The van der Waals surface area contributed by atoms with E-state index in [1.54, 1.807) is 0 Å². The zero-order valence-corrected chi connectivity index (χ0v) is 4.83. The maximum absolute atomic E-state index is 10.0. The summed E-state index contributed by atoms with van der Waals surface area (Å²) in [7, 11) is 1.21. The summed E-state index contributed by atoms with van der Waals surface area (Å²) < 4.78 is 19.0. The van der Waals surface area contributed by atoms with Crippen molar-refractivity contribution in [3.63, 3.8) is 0 Å². The van der Waals surface area contributed by atoms with Gasteiger partial charge in [0.05, 0.1) is 0 Å². The van der Waals surface area contributed by atoms with E-state index in [2.05, 4.69) is 5.96 Å². The van der Waals surface area contributed by atoms with Gasteiger partial charge in [0.1, 0.15) is 0 Å². The summed E-state index contributed by atoms with van der Waals surface area (Å²) in [5.41, 5.74) is 1.25. The summed E-state index contributed by atoms with van der Waals surface area (Å²) in [5.74, 6) is 3.00. The maximum atomic E-state index is 10.0. The van der Waals surface area contributed by atoms with Crippen LogP contribution < -0.4 is 11.5 Å². The molecule has 3 N–H and O–H groups in total. The summed E-state index contributed by atoms with van der Waals surface area (Å²) >= 11 is 0. The van der Waals surface area contributed by atoms with E-state index in [1.807, 2.05) is 13.8 Å². The van der Waals surface area contributed by atoms with Crippen LogP contribution in [-0.2, 0) is 0 Å². The monoisotopic (exact) mass is 114 g/mol. The van der Waals surface area contributed by atoms with Gasteiger partial charge in [-0.15, -0.1) is 8.96 Å². The van der Waals surface area contributed by atoms with E-state index >= 15 is 0 Å². The van der Waals surface area contributed by atoms with Crippen LogP contribution in [0.2, 0.25) is 0 Å². The molecule has 0 aliphatic heterocycles. The standard InChI is InChI=1S/C2H6.CH4FN.FH2N/c1-2;1-3-2;1-2/h1-2H3;3H,1H3;2H2. The Kier molecular flexibility index (Phi) is 492. The Morgan fingerprint density at radius 3 is 1.29 bits per heavy atom. The van der Waals surface area contributed by atoms with Crippen molar-refractivity contribution in [2.75, 3.05) is 7.05 Å². The molecular weight excluding hydrogens is 102 g/mol. The largest absolute Gasteiger partial charge is 0.172 e. The molecule has 7 heavy (non-hydrogen) atoms. The summed E-state index contributed by atoms with van der Waals surface area (Å²) in [5, 5.41) is 0. The molecule has 4 heteroatoms. The Morgan fingerprint density at radius 2 is 1.29 bits per heavy atom. The number of nitrogens with two attached hydrogens (primary N) is 1. The Hall–Kier alpha value is -0.220. The van der Waals surface area contributed by atoms with Crippen LogP contribution in [0.25, 0.3) is 0 Å². The van der Waals surface area contributed by atoms with E-state index < -0.39 is 0 Å². The van der Waals surface area contributed by atoms with Gasteiger partial charge in [-0.1, -0.05) is 13.8 Å². The molecule has 0 saturated carbocycles. The van der Waals surface area contributed by atoms with Crippen LogP contribution in [0.3, 0.4) is 0 Å². The van der Waals surface area contributed by atoms with Crippen molar-refractivity contribution in [1.82, 2.24) is 5.54 Å². The normalized spacial score (nSPS) is 4.29. The Morgan fingerprint density at radius 1 is 1.29 bits per heavy atom. The predicted molar refractivity (Wildman–Crippen MR) is 26.8 cm³/mol. The van der Waals surface area contributed by atoms with Gasteiger partial charge in [0.2, 0.25) is 0 Å². The lowest BCUT2D eigenvalue weighted by atomic mass is 11.0. The first-order chi connectivity index (χ1) is 3.41. The average Bonchev–Trinajstić information content (AvgIpc) is 1.78. The summed E-state index contributed by atoms with van der Waals surface area (Å²) in [6, 6.07) is 0. The Bertz CT molecular complexity index is 10.9. The number of hydrogen-bond donors (Lipinski definition) is 2. The first-order valence-corrected chi connectivity index (χ1v) is 1.91. The lowest BCUT2D eigenvalue weighted by molar-refractivity contribution is 0.380. The van der Waals surface area contributed by atoms with Crippen LogP contribution in [-0.4, -0.2) is 7.05 Å². The number of rotatable bonds is 0. The van der Waals surface area contributed by atoms with Gasteiger partial charge in [-0.05, 0) is 0 Å². The van der Waals surface area contributed by atoms with E-state index in [1.165, 1.54) is 12.6 Å². The minimum absolute atomic E-state index is 1.21. The highest BCUT2D eigenvalue weighted by Gasteiger charge is 1.31. The molecule has 0 aromatic heterocycles. The van der Waals surface area contributed by atoms with Gasteiger partial charge < -0.3 is 0 Å². The Labute approximate surface area is 42.6 Å². The number of halogens is 2. The second-order valence-electron chi connectivity index (χ2n) is 0.189. The SMILES string of the molecule is CC.CNF.NF. The number of hydrogen-bond acceptors (Lipinski definition) is 2. The molecule has 0 bridgehead atoms. The minimum Gasteiger partial charge on any atom is -0.172 e. The van der Waals surface area contributed by atoms with Gasteiger partial charge in [0, 0.05) is 7.05 Å². The van der Waals surface area contributed by atoms with Gasteiger partial charge in [-0.3, -0.25) is 0 Å². The molecule has 0 rings (SSSR count). The first-order valence-electron chi connectivity index (χ1n) is 1.91. The second-order valence-corrected chi connectivity index (χ2v) is 0.189. The third-order valence-corrected chi connectivity index (χ3v) is 0. The summed E-state index contributed by atoms with van der Waals surface area (Å²) in [6.07, 6.45) is 0. The second kappa shape index (κ2) is 217. The molecule has 0 aliphatic carbocycles. The molecule has 0 aliphatic rings. The third kappa shape index (κ3) is 1710. The minimum atomic E-state index is 1.21. The highest BCUT2D eigenvalue weighted by atomic mass is 19.2. The van der Waals surface area contributed by atoms with Crippen molar-refractivity contribution in [3.05, 3.63) is 0 Å². The zero-order valence-electron chi connectivity index (χ0n) is 4.83. The molecule has 0 spiro atoms. The van der Waals surface area contributed by atoms with Crippen LogP contribution in [0, 0.1) is 0 Å². The first kappa shape index (κ1) is 15.9. The lowest BCUT2D eigenvalue weighted by Crippen LogP contribution is -1.79. The molecule has 0 aromatic carbocycles. The van der Waals surface area contributed by atoms with Crippen LogP contribution in [0.1, 0.15) is 13.8 Å². The molecule has 2 nitrogen and oxygen atoms in total. The quantitative estimate of drug-likeness (QED) is 0.460. The fraction of sp³-hybridized carbons (Fsp3) is 1.00. The van der Waals surface area contributed by atoms with E-state index in [9.17, 15) is 4.48 Å². The summed E-state index contributed by atoms with van der Waals surface area (Å²) in [6.45, 7) is 4.00. The van der Waals surface area contributed by atoms with Crippen LogP contribution in [0.5, 0.6) is 0 Å². The van der Waals surface area contributed by atoms with Crippen molar-refractivity contribution in [3.8, 4) is 0 Å². The fourth-order valence-corrected chi connectivity index (χ4v) is 0. The Balaban J connectivity index is -0.0000000360. The lowest BCUT2D eigenvalue weighted by Gasteiger charge is -1.53. The molecule has 48 valence electrons. The predicted octanol–water partition coefficient (Wildman–Crippen LogP) is 0.946. The molecule has 0 saturated heterocycles. The molecule has 0 aromatic rings. The van der Waals surface area contributed by atoms with Crippen LogP contribution in [0.4, 0.5) is 8.96 Å². The van der Waals surface area contributed by atoms with Gasteiger partial charge in [0.25, 0.3) is 0 Å². The molecule has 0 amide bonds. The van der Waals surface area contributed by atoms with E-state index in [0.29, 0.717) is 0 Å². The van der Waals surface area contributed by atoms with E-state index in [-0.39, 0.29) is 0 Å². The topological polar surface area (TPSA) is 38.0 Å². The molecule has 0 heterocycles. The smallest absolute Gasteiger partial charge is 0.0145 e. The summed E-state index contributed by atoms with van der Waals surface area (Å²) in [4.78, 5) is 0.